The first-order valence-electron chi connectivity index (χ1n) is 9.51. The zero-order valence-corrected chi connectivity index (χ0v) is 17.6. The van der Waals surface area contributed by atoms with Crippen molar-refractivity contribution in [2.75, 3.05) is 13.7 Å². The van der Waals surface area contributed by atoms with Gasteiger partial charge in [-0.15, -0.1) is 0 Å². The summed E-state index contributed by atoms with van der Waals surface area (Å²) in [5.41, 5.74) is 1.85. The van der Waals surface area contributed by atoms with Gasteiger partial charge >= 0.3 is 13.1 Å². The van der Waals surface area contributed by atoms with Crippen LogP contribution in [0, 0.1) is 0 Å². The molecular weight excluding hydrogens is 357 g/mol. The molecule has 0 spiro atoms. The number of ether oxygens (including phenoxy) is 1. The number of benzene rings is 1. The van der Waals surface area contributed by atoms with E-state index in [-0.39, 0.29) is 11.9 Å². The molecule has 1 saturated heterocycles. The van der Waals surface area contributed by atoms with Crippen LogP contribution in [0.15, 0.2) is 29.7 Å². The van der Waals surface area contributed by atoms with E-state index in [2.05, 4.69) is 5.32 Å². The summed E-state index contributed by atoms with van der Waals surface area (Å²) in [6, 6.07) is 7.83. The number of hydrogen-bond acceptors (Lipinski definition) is 5. The quantitative estimate of drug-likeness (QED) is 0.575. The zero-order chi connectivity index (χ0) is 20.9. The van der Waals surface area contributed by atoms with Gasteiger partial charge in [-0.1, -0.05) is 30.3 Å². The van der Waals surface area contributed by atoms with Crippen molar-refractivity contribution in [1.29, 1.82) is 0 Å². The number of hydrogen-bond donors (Lipinski definition) is 1. The van der Waals surface area contributed by atoms with Crippen molar-refractivity contribution < 1.29 is 23.6 Å². The number of carbonyl (C=O) groups excluding carboxylic acids is 2. The number of amides is 1. The number of esters is 1. The van der Waals surface area contributed by atoms with Gasteiger partial charge in [0.05, 0.1) is 18.3 Å². The van der Waals surface area contributed by atoms with Crippen LogP contribution in [0.2, 0.25) is 0 Å². The molecule has 0 atom stereocenters. The summed E-state index contributed by atoms with van der Waals surface area (Å²) in [6.07, 6.45) is 2.85. The van der Waals surface area contributed by atoms with Crippen molar-refractivity contribution in [1.82, 2.24) is 5.32 Å². The molecule has 0 aliphatic carbocycles. The van der Waals surface area contributed by atoms with Crippen LogP contribution in [0.4, 0.5) is 0 Å². The number of aryl methyl sites for hydroxylation is 1. The molecule has 1 heterocycles. The first-order chi connectivity index (χ1) is 13.1. The molecule has 28 heavy (non-hydrogen) atoms. The summed E-state index contributed by atoms with van der Waals surface area (Å²) < 4.78 is 17.1. The van der Waals surface area contributed by atoms with Crippen LogP contribution in [0.1, 0.15) is 52.2 Å². The Morgan fingerprint density at radius 3 is 2.32 bits per heavy atom. The SMILES string of the molecule is COC(=O)CCc1ccccc1C=C(CNC(C)=O)B1OC(C)(C)C(C)(C)O1. The number of methoxy groups -OCH3 is 1. The molecule has 7 heteroatoms. The molecule has 152 valence electrons. The van der Waals surface area contributed by atoms with Crippen molar-refractivity contribution in [3.8, 4) is 0 Å². The molecule has 1 aromatic rings. The third-order valence-electron chi connectivity index (χ3n) is 5.32. The largest absolute Gasteiger partial charge is 0.492 e. The van der Waals surface area contributed by atoms with Crippen molar-refractivity contribution in [3.63, 3.8) is 0 Å². The van der Waals surface area contributed by atoms with E-state index in [1.165, 1.54) is 14.0 Å². The lowest BCUT2D eigenvalue weighted by atomic mass is 9.76. The van der Waals surface area contributed by atoms with E-state index in [0.717, 1.165) is 16.6 Å². The molecule has 1 aliphatic heterocycles. The van der Waals surface area contributed by atoms with Gasteiger partial charge in [0.15, 0.2) is 0 Å². The van der Waals surface area contributed by atoms with E-state index in [0.29, 0.717) is 19.4 Å². The zero-order valence-electron chi connectivity index (χ0n) is 17.6. The smallest absolute Gasteiger partial charge is 0.469 e. The lowest BCUT2D eigenvalue weighted by molar-refractivity contribution is -0.140. The monoisotopic (exact) mass is 387 g/mol. The first kappa shape index (κ1) is 22.2. The minimum Gasteiger partial charge on any atom is -0.469 e. The summed E-state index contributed by atoms with van der Waals surface area (Å²) in [6.45, 7) is 9.77. The fourth-order valence-electron chi connectivity index (χ4n) is 2.86. The Bertz CT molecular complexity index is 741. The van der Waals surface area contributed by atoms with Crippen LogP contribution in [0.25, 0.3) is 6.08 Å². The maximum Gasteiger partial charge on any atom is 0.492 e. The van der Waals surface area contributed by atoms with E-state index in [9.17, 15) is 9.59 Å². The fraction of sp³-hybridized carbons (Fsp3) is 0.524. The number of carbonyl (C=O) groups is 2. The summed E-state index contributed by atoms with van der Waals surface area (Å²) in [5.74, 6) is -0.371. The van der Waals surface area contributed by atoms with Gasteiger partial charge < -0.3 is 19.4 Å². The van der Waals surface area contributed by atoms with Crippen molar-refractivity contribution in [2.45, 2.75) is 58.7 Å². The minimum absolute atomic E-state index is 0.124. The summed E-state index contributed by atoms with van der Waals surface area (Å²) >= 11 is 0. The van der Waals surface area contributed by atoms with Crippen LogP contribution in [0.3, 0.4) is 0 Å². The minimum atomic E-state index is -0.564. The van der Waals surface area contributed by atoms with E-state index >= 15 is 0 Å². The van der Waals surface area contributed by atoms with Crippen LogP contribution in [0.5, 0.6) is 0 Å². The lowest BCUT2D eigenvalue weighted by Crippen LogP contribution is -2.41. The van der Waals surface area contributed by atoms with Crippen molar-refractivity contribution >= 4 is 25.1 Å². The Hall–Kier alpha value is -2.12. The molecule has 0 saturated carbocycles. The Kier molecular flexibility index (Phi) is 7.07. The fourth-order valence-corrected chi connectivity index (χ4v) is 2.86. The van der Waals surface area contributed by atoms with E-state index in [4.69, 9.17) is 14.0 Å². The van der Waals surface area contributed by atoms with Gasteiger partial charge in [0.2, 0.25) is 5.91 Å². The molecule has 1 amide bonds. The Morgan fingerprint density at radius 1 is 1.14 bits per heavy atom. The second-order valence-electron chi connectivity index (χ2n) is 7.99. The Balaban J connectivity index is 2.33. The maximum absolute atomic E-state index is 11.5. The molecule has 2 rings (SSSR count). The summed E-state index contributed by atoms with van der Waals surface area (Å²) in [5, 5.41) is 2.83. The third-order valence-corrected chi connectivity index (χ3v) is 5.32. The summed E-state index contributed by atoms with van der Waals surface area (Å²) in [4.78, 5) is 23.0. The van der Waals surface area contributed by atoms with Crippen LogP contribution in [-0.4, -0.2) is 43.9 Å². The summed E-state index contributed by atoms with van der Waals surface area (Å²) in [7, 11) is 0.823. The predicted molar refractivity (Wildman–Crippen MR) is 110 cm³/mol. The average Bonchev–Trinajstić information content (AvgIpc) is 2.84. The molecule has 1 aromatic carbocycles. The highest BCUT2D eigenvalue weighted by Crippen LogP contribution is 2.38. The second kappa shape index (κ2) is 8.92. The highest BCUT2D eigenvalue weighted by molar-refractivity contribution is 6.56. The average molecular weight is 387 g/mol. The molecule has 0 aromatic heterocycles. The Labute approximate surface area is 167 Å². The molecule has 1 N–H and O–H groups in total. The second-order valence-corrected chi connectivity index (χ2v) is 7.99. The maximum atomic E-state index is 11.5. The molecule has 1 aliphatic rings. The normalized spacial score (nSPS) is 18.1. The highest BCUT2D eigenvalue weighted by atomic mass is 16.7. The highest BCUT2D eigenvalue weighted by Gasteiger charge is 2.52. The van der Waals surface area contributed by atoms with Gasteiger partial charge in [-0.25, -0.2) is 0 Å². The molecule has 1 fully saturated rings. The molecular formula is C21H30BNO5. The lowest BCUT2D eigenvalue weighted by Gasteiger charge is -2.32. The number of rotatable bonds is 7. The molecule has 0 radical (unpaired) electrons. The van der Waals surface area contributed by atoms with Gasteiger partial charge in [0.25, 0.3) is 0 Å². The molecule has 0 unspecified atom stereocenters. The predicted octanol–water partition coefficient (Wildman–Crippen LogP) is 2.94. The number of nitrogens with one attached hydrogen (secondary N) is 1. The Morgan fingerprint density at radius 2 is 1.75 bits per heavy atom. The van der Waals surface area contributed by atoms with Gasteiger partial charge in [0, 0.05) is 19.9 Å². The van der Waals surface area contributed by atoms with Gasteiger partial charge in [0.1, 0.15) is 0 Å². The van der Waals surface area contributed by atoms with E-state index < -0.39 is 18.3 Å². The molecule has 0 bridgehead atoms. The van der Waals surface area contributed by atoms with Gasteiger partial charge in [-0.3, -0.25) is 9.59 Å². The molecule has 6 nitrogen and oxygen atoms in total. The van der Waals surface area contributed by atoms with Crippen molar-refractivity contribution in [2.24, 2.45) is 0 Å². The standard InChI is InChI=1S/C21H30BNO5/c1-15(24)23-14-18(22-27-20(2,3)21(4,5)28-22)13-17-10-8-7-9-16(17)11-12-19(25)26-6/h7-10,13H,11-12,14H2,1-6H3,(H,23,24). The topological polar surface area (TPSA) is 73.9 Å². The van der Waals surface area contributed by atoms with Crippen molar-refractivity contribution in [3.05, 3.63) is 40.9 Å². The first-order valence-corrected chi connectivity index (χ1v) is 9.51. The van der Waals surface area contributed by atoms with E-state index in [1.54, 1.807) is 0 Å². The van der Waals surface area contributed by atoms with Gasteiger partial charge in [-0.05, 0) is 50.7 Å². The van der Waals surface area contributed by atoms with Crippen LogP contribution in [-0.2, 0) is 30.1 Å². The van der Waals surface area contributed by atoms with Gasteiger partial charge in [-0.2, -0.15) is 0 Å². The van der Waals surface area contributed by atoms with Crippen LogP contribution >= 0.6 is 0 Å². The van der Waals surface area contributed by atoms with E-state index in [1.807, 2.05) is 58.0 Å². The van der Waals surface area contributed by atoms with Crippen LogP contribution < -0.4 is 5.32 Å². The third kappa shape index (κ3) is 5.46.